The summed E-state index contributed by atoms with van der Waals surface area (Å²) >= 11 is 6.83. The van der Waals surface area contributed by atoms with Crippen LogP contribution >= 0.6 is 24.0 Å². The zero-order valence-corrected chi connectivity index (χ0v) is 22.5. The molecule has 2 fully saturated rings. The lowest BCUT2D eigenvalue weighted by atomic mass is 10.0. The van der Waals surface area contributed by atoms with Crippen molar-refractivity contribution < 1.29 is 4.79 Å². The van der Waals surface area contributed by atoms with Crippen LogP contribution in [0.4, 0.5) is 5.82 Å². The smallest absolute Gasteiger partial charge is 0.270 e. The fourth-order valence-corrected chi connectivity index (χ4v) is 5.90. The SMILES string of the molecule is CCCCn1c(N2CCN(CC)CC2)c(/C=C2/SC(=S)N(C(C)CC)C2=O)c(C)c(C#N)c1=O. The lowest BCUT2D eigenvalue weighted by molar-refractivity contribution is -0.123. The zero-order valence-electron chi connectivity index (χ0n) is 20.9. The van der Waals surface area contributed by atoms with E-state index in [0.29, 0.717) is 21.3 Å². The van der Waals surface area contributed by atoms with Crippen LogP contribution in [0.2, 0.25) is 0 Å². The second-order valence-corrected chi connectivity index (χ2v) is 10.6. The molecule has 1 amide bonds. The fourth-order valence-electron chi connectivity index (χ4n) is 4.46. The predicted octanol–water partition coefficient (Wildman–Crippen LogP) is 3.97. The Hall–Kier alpha value is -2.15. The molecule has 0 bridgehead atoms. The van der Waals surface area contributed by atoms with Crippen LogP contribution in [-0.4, -0.2) is 63.4 Å². The van der Waals surface area contributed by atoms with Crippen LogP contribution in [0.25, 0.3) is 6.08 Å². The van der Waals surface area contributed by atoms with Crippen LogP contribution < -0.4 is 10.5 Å². The number of thiocarbonyl (C=S) groups is 1. The van der Waals surface area contributed by atoms with Gasteiger partial charge in [0.25, 0.3) is 11.5 Å². The Morgan fingerprint density at radius 1 is 1.18 bits per heavy atom. The van der Waals surface area contributed by atoms with Gasteiger partial charge >= 0.3 is 0 Å². The third kappa shape index (κ3) is 5.09. The van der Waals surface area contributed by atoms with Gasteiger partial charge in [-0.25, -0.2) is 0 Å². The molecule has 0 spiro atoms. The van der Waals surface area contributed by atoms with E-state index < -0.39 is 0 Å². The molecule has 3 rings (SSSR count). The topological polar surface area (TPSA) is 72.6 Å². The molecule has 0 radical (unpaired) electrons. The van der Waals surface area contributed by atoms with Crippen molar-refractivity contribution in [1.29, 1.82) is 5.26 Å². The number of carbonyl (C=O) groups excluding carboxylic acids is 1. The van der Waals surface area contributed by atoms with E-state index in [1.54, 1.807) is 9.47 Å². The summed E-state index contributed by atoms with van der Waals surface area (Å²) in [6.45, 7) is 15.0. The summed E-state index contributed by atoms with van der Waals surface area (Å²) in [5, 5.41) is 9.84. The molecule has 9 heteroatoms. The van der Waals surface area contributed by atoms with Gasteiger partial charge in [0.1, 0.15) is 21.8 Å². The number of anilines is 1. The number of unbranched alkanes of at least 4 members (excludes halogenated alkanes) is 1. The highest BCUT2D eigenvalue weighted by atomic mass is 32.2. The van der Waals surface area contributed by atoms with Gasteiger partial charge in [-0.2, -0.15) is 5.26 Å². The minimum atomic E-state index is -0.245. The fraction of sp³-hybridized carbons (Fsp3) is 0.600. The van der Waals surface area contributed by atoms with Gasteiger partial charge in [0, 0.05) is 44.3 Å². The highest BCUT2D eigenvalue weighted by Gasteiger charge is 2.35. The molecule has 2 saturated heterocycles. The average Bonchev–Trinajstić information content (AvgIpc) is 3.12. The van der Waals surface area contributed by atoms with E-state index >= 15 is 0 Å². The molecule has 0 N–H and O–H groups in total. The summed E-state index contributed by atoms with van der Waals surface area (Å²) < 4.78 is 2.32. The number of rotatable bonds is 8. The Kier molecular flexibility index (Phi) is 8.96. The summed E-state index contributed by atoms with van der Waals surface area (Å²) in [7, 11) is 0. The first-order chi connectivity index (χ1) is 16.3. The molecule has 2 aliphatic heterocycles. The lowest BCUT2D eigenvalue weighted by Gasteiger charge is -2.37. The second-order valence-electron chi connectivity index (χ2n) is 8.89. The molecule has 3 heterocycles. The molecule has 1 aromatic heterocycles. The van der Waals surface area contributed by atoms with E-state index in [-0.39, 0.29) is 23.1 Å². The molecule has 7 nitrogen and oxygen atoms in total. The average molecular weight is 502 g/mol. The molecular formula is C25H35N5O2S2. The highest BCUT2D eigenvalue weighted by molar-refractivity contribution is 8.26. The number of piperazine rings is 1. The van der Waals surface area contributed by atoms with E-state index in [1.807, 2.05) is 26.8 Å². The number of nitriles is 1. The number of pyridine rings is 1. The van der Waals surface area contributed by atoms with Gasteiger partial charge < -0.3 is 9.80 Å². The van der Waals surface area contributed by atoms with Crippen molar-refractivity contribution in [2.75, 3.05) is 37.6 Å². The Balaban J connectivity index is 2.20. The van der Waals surface area contributed by atoms with Gasteiger partial charge in [-0.3, -0.25) is 19.1 Å². The van der Waals surface area contributed by atoms with Crippen molar-refractivity contribution in [2.45, 2.75) is 66.5 Å². The minimum Gasteiger partial charge on any atom is -0.355 e. The van der Waals surface area contributed by atoms with Crippen LogP contribution in [-0.2, 0) is 11.3 Å². The Morgan fingerprint density at radius 2 is 1.85 bits per heavy atom. The first-order valence-electron chi connectivity index (χ1n) is 12.2. The lowest BCUT2D eigenvalue weighted by Crippen LogP contribution is -2.48. The van der Waals surface area contributed by atoms with Gasteiger partial charge in [0.15, 0.2) is 0 Å². The minimum absolute atomic E-state index is 0.0225. The molecular weight excluding hydrogens is 466 g/mol. The summed E-state index contributed by atoms with van der Waals surface area (Å²) in [6.07, 6.45) is 4.45. The van der Waals surface area contributed by atoms with Crippen LogP contribution in [0.3, 0.4) is 0 Å². The first-order valence-corrected chi connectivity index (χ1v) is 13.4. The van der Waals surface area contributed by atoms with Gasteiger partial charge in [0.2, 0.25) is 0 Å². The van der Waals surface area contributed by atoms with Crippen molar-refractivity contribution in [3.05, 3.63) is 31.9 Å². The summed E-state index contributed by atoms with van der Waals surface area (Å²) in [5.74, 6) is 0.717. The Morgan fingerprint density at radius 3 is 2.41 bits per heavy atom. The van der Waals surface area contributed by atoms with Crippen molar-refractivity contribution >= 4 is 46.1 Å². The highest BCUT2D eigenvalue weighted by Crippen LogP contribution is 2.37. The van der Waals surface area contributed by atoms with Crippen molar-refractivity contribution in [3.8, 4) is 6.07 Å². The number of thioether (sulfide) groups is 1. The predicted molar refractivity (Wildman–Crippen MR) is 144 cm³/mol. The van der Waals surface area contributed by atoms with E-state index in [2.05, 4.69) is 29.7 Å². The number of nitrogens with zero attached hydrogens (tertiary/aromatic N) is 5. The maximum absolute atomic E-state index is 13.4. The number of carbonyl (C=O) groups is 1. The number of hydrogen-bond donors (Lipinski definition) is 0. The third-order valence-electron chi connectivity index (χ3n) is 6.83. The van der Waals surface area contributed by atoms with Crippen molar-refractivity contribution in [1.82, 2.24) is 14.4 Å². The number of likely N-dealkylation sites (N-methyl/N-ethyl adjacent to an activating group) is 1. The maximum atomic E-state index is 13.4. The molecule has 34 heavy (non-hydrogen) atoms. The quantitative estimate of drug-likeness (QED) is 0.394. The molecule has 1 aromatic rings. The van der Waals surface area contributed by atoms with Gasteiger partial charge in [-0.1, -0.05) is 51.2 Å². The van der Waals surface area contributed by atoms with Crippen molar-refractivity contribution in [3.63, 3.8) is 0 Å². The monoisotopic (exact) mass is 501 g/mol. The summed E-state index contributed by atoms with van der Waals surface area (Å²) in [4.78, 5) is 33.5. The van der Waals surface area contributed by atoms with Gasteiger partial charge in [-0.15, -0.1) is 0 Å². The normalized spacial score (nSPS) is 19.2. The van der Waals surface area contributed by atoms with E-state index in [4.69, 9.17) is 12.2 Å². The van der Waals surface area contributed by atoms with E-state index in [9.17, 15) is 14.9 Å². The number of amides is 1. The Labute approximate surface area is 212 Å². The standard InChI is InChI=1S/C25H35N5O2S2/c1-6-9-10-29-22(28-13-11-27(8-3)12-14-28)19(18(5)20(16-26)23(29)31)15-21-24(32)30(17(4)7-2)25(33)34-21/h15,17H,6-14H2,1-5H3/b21-15+. The van der Waals surface area contributed by atoms with Crippen molar-refractivity contribution in [2.24, 2.45) is 0 Å². The number of aromatic nitrogens is 1. The van der Waals surface area contributed by atoms with Crippen LogP contribution in [0.5, 0.6) is 0 Å². The molecule has 0 saturated carbocycles. The summed E-state index contributed by atoms with van der Waals surface area (Å²) in [5.41, 5.74) is 1.31. The molecule has 1 atom stereocenters. The number of hydrogen-bond acceptors (Lipinski definition) is 7. The Bertz CT molecular complexity index is 1080. The van der Waals surface area contributed by atoms with E-state index in [0.717, 1.165) is 63.4 Å². The zero-order chi connectivity index (χ0) is 25.0. The molecule has 0 aliphatic carbocycles. The molecule has 0 aromatic carbocycles. The maximum Gasteiger partial charge on any atom is 0.270 e. The second kappa shape index (κ2) is 11.5. The van der Waals surface area contributed by atoms with Gasteiger partial charge in [0.05, 0.1) is 4.91 Å². The largest absolute Gasteiger partial charge is 0.355 e. The van der Waals surface area contributed by atoms with Crippen LogP contribution in [0, 0.1) is 18.3 Å². The van der Waals surface area contributed by atoms with Gasteiger partial charge in [-0.05, 0) is 44.9 Å². The molecule has 2 aliphatic rings. The van der Waals surface area contributed by atoms with Crippen LogP contribution in [0.1, 0.15) is 63.6 Å². The first kappa shape index (κ1) is 26.5. The summed E-state index contributed by atoms with van der Waals surface area (Å²) in [6, 6.07) is 2.15. The molecule has 1 unspecified atom stereocenters. The third-order valence-corrected chi connectivity index (χ3v) is 8.16. The van der Waals surface area contributed by atoms with Crippen LogP contribution in [0.15, 0.2) is 9.70 Å². The molecule has 184 valence electrons. The van der Waals surface area contributed by atoms with E-state index in [1.165, 1.54) is 11.8 Å².